The van der Waals surface area contributed by atoms with Crippen LogP contribution in [0.2, 0.25) is 15.1 Å². The van der Waals surface area contributed by atoms with Gasteiger partial charge in [-0.05, 0) is 61.8 Å². The molecule has 34 heavy (non-hydrogen) atoms. The maximum atomic E-state index is 12.9. The SMILES string of the molecule is O=C(c1cc(Cl)cc(Cl)c1)N1CCC(C2CCN(C(=O)c3ccc([N+](=O)[O-])cc3Cl)CC2)CC1. The molecule has 2 aliphatic heterocycles. The molecule has 2 amide bonds. The third-order valence-corrected chi connectivity index (χ3v) is 7.57. The fourth-order valence-electron chi connectivity index (χ4n) is 4.97. The maximum absolute atomic E-state index is 12.9. The third-order valence-electron chi connectivity index (χ3n) is 6.82. The van der Waals surface area contributed by atoms with Crippen LogP contribution in [0.1, 0.15) is 46.4 Å². The van der Waals surface area contributed by atoms with Crippen molar-refractivity contribution in [3.8, 4) is 0 Å². The van der Waals surface area contributed by atoms with Gasteiger partial charge < -0.3 is 9.80 Å². The molecule has 0 aliphatic carbocycles. The number of amides is 2. The molecule has 0 aromatic heterocycles. The largest absolute Gasteiger partial charge is 0.339 e. The second kappa shape index (κ2) is 10.5. The number of nitro benzene ring substituents is 1. The summed E-state index contributed by atoms with van der Waals surface area (Å²) < 4.78 is 0. The number of carbonyl (C=O) groups excluding carboxylic acids is 2. The average Bonchev–Trinajstić information content (AvgIpc) is 2.82. The number of benzene rings is 2. The van der Waals surface area contributed by atoms with Crippen molar-refractivity contribution in [2.45, 2.75) is 25.7 Å². The van der Waals surface area contributed by atoms with Gasteiger partial charge in [0.25, 0.3) is 17.5 Å². The Kier molecular flexibility index (Phi) is 7.65. The molecule has 0 radical (unpaired) electrons. The normalized spacial score (nSPS) is 17.6. The van der Waals surface area contributed by atoms with Crippen LogP contribution in [0.5, 0.6) is 0 Å². The van der Waals surface area contributed by atoms with Crippen molar-refractivity contribution in [1.82, 2.24) is 9.80 Å². The lowest BCUT2D eigenvalue weighted by Gasteiger charge is -2.40. The monoisotopic (exact) mass is 523 g/mol. The summed E-state index contributed by atoms with van der Waals surface area (Å²) in [7, 11) is 0. The summed E-state index contributed by atoms with van der Waals surface area (Å²) in [5.74, 6) is 0.753. The number of nitrogens with zero attached hydrogens (tertiary/aromatic N) is 3. The summed E-state index contributed by atoms with van der Waals surface area (Å²) in [6.45, 7) is 2.62. The van der Waals surface area contributed by atoms with Gasteiger partial charge in [-0.1, -0.05) is 34.8 Å². The molecule has 10 heteroatoms. The van der Waals surface area contributed by atoms with Crippen LogP contribution in [0.25, 0.3) is 0 Å². The first-order valence-electron chi connectivity index (χ1n) is 11.2. The Bertz CT molecular complexity index is 1090. The predicted molar refractivity (Wildman–Crippen MR) is 132 cm³/mol. The van der Waals surface area contributed by atoms with Crippen molar-refractivity contribution in [2.75, 3.05) is 26.2 Å². The molecular weight excluding hydrogens is 501 g/mol. The highest BCUT2D eigenvalue weighted by Crippen LogP contribution is 2.34. The zero-order valence-electron chi connectivity index (χ0n) is 18.4. The van der Waals surface area contributed by atoms with E-state index >= 15 is 0 Å². The molecule has 2 heterocycles. The van der Waals surface area contributed by atoms with E-state index in [4.69, 9.17) is 34.8 Å². The van der Waals surface area contributed by atoms with Crippen LogP contribution < -0.4 is 0 Å². The van der Waals surface area contributed by atoms with Crippen LogP contribution in [0.15, 0.2) is 36.4 Å². The molecule has 0 saturated carbocycles. The van der Waals surface area contributed by atoms with E-state index in [2.05, 4.69) is 0 Å². The van der Waals surface area contributed by atoms with E-state index in [-0.39, 0.29) is 22.5 Å². The van der Waals surface area contributed by atoms with E-state index < -0.39 is 4.92 Å². The van der Waals surface area contributed by atoms with Crippen molar-refractivity contribution in [1.29, 1.82) is 0 Å². The van der Waals surface area contributed by atoms with Gasteiger partial charge in [0.2, 0.25) is 0 Å². The van der Waals surface area contributed by atoms with Crippen molar-refractivity contribution in [3.05, 3.63) is 72.7 Å². The second-order valence-electron chi connectivity index (χ2n) is 8.84. The molecule has 7 nitrogen and oxygen atoms in total. The fourth-order valence-corrected chi connectivity index (χ4v) is 5.75. The highest BCUT2D eigenvalue weighted by Gasteiger charge is 2.33. The van der Waals surface area contributed by atoms with Crippen molar-refractivity contribution in [2.24, 2.45) is 11.8 Å². The number of likely N-dealkylation sites (tertiary alicyclic amines) is 2. The van der Waals surface area contributed by atoms with Crippen LogP contribution in [-0.2, 0) is 0 Å². The Morgan fingerprint density at radius 1 is 0.794 bits per heavy atom. The van der Waals surface area contributed by atoms with E-state index in [1.807, 2.05) is 4.90 Å². The standard InChI is InChI=1S/C24H24Cl3N3O4/c25-18-11-17(12-19(26)13-18)23(31)28-7-3-15(4-8-28)16-5-9-29(10-6-16)24(32)21-2-1-20(30(33)34)14-22(21)27/h1-2,11-16H,3-10H2. The van der Waals surface area contributed by atoms with Crippen molar-refractivity contribution in [3.63, 3.8) is 0 Å². The Hall–Kier alpha value is -2.35. The average molecular weight is 525 g/mol. The third kappa shape index (κ3) is 5.48. The minimum absolute atomic E-state index is 0.0526. The number of non-ortho nitro benzene ring substituents is 1. The zero-order chi connectivity index (χ0) is 24.4. The van der Waals surface area contributed by atoms with Crippen LogP contribution >= 0.6 is 34.8 Å². The lowest BCUT2D eigenvalue weighted by atomic mass is 9.78. The molecule has 0 spiro atoms. The first-order chi connectivity index (χ1) is 16.2. The van der Waals surface area contributed by atoms with Gasteiger partial charge in [0.15, 0.2) is 0 Å². The lowest BCUT2D eigenvalue weighted by Crippen LogP contribution is -2.44. The van der Waals surface area contributed by atoms with Gasteiger partial charge in [-0.3, -0.25) is 19.7 Å². The molecule has 4 rings (SSSR count). The number of hydrogen-bond donors (Lipinski definition) is 0. The number of nitro groups is 1. The zero-order valence-corrected chi connectivity index (χ0v) is 20.7. The second-order valence-corrected chi connectivity index (χ2v) is 10.1. The Balaban J connectivity index is 1.29. The molecule has 2 aromatic carbocycles. The molecule has 2 aromatic rings. The van der Waals surface area contributed by atoms with E-state index in [0.29, 0.717) is 59.2 Å². The lowest BCUT2D eigenvalue weighted by molar-refractivity contribution is -0.384. The van der Waals surface area contributed by atoms with Crippen LogP contribution in [0.4, 0.5) is 5.69 Å². The van der Waals surface area contributed by atoms with E-state index in [9.17, 15) is 19.7 Å². The first-order valence-corrected chi connectivity index (χ1v) is 12.3. The Morgan fingerprint density at radius 2 is 1.29 bits per heavy atom. The van der Waals surface area contributed by atoms with Gasteiger partial charge in [-0.15, -0.1) is 0 Å². The number of hydrogen-bond acceptors (Lipinski definition) is 4. The molecule has 2 fully saturated rings. The molecule has 2 saturated heterocycles. The molecular formula is C24H24Cl3N3O4. The number of rotatable bonds is 4. The summed E-state index contributed by atoms with van der Waals surface area (Å²) in [5, 5.41) is 11.9. The topological polar surface area (TPSA) is 83.8 Å². The Labute approximate surface area is 212 Å². The number of carbonyl (C=O) groups is 2. The summed E-state index contributed by atoms with van der Waals surface area (Å²) in [6, 6.07) is 8.84. The summed E-state index contributed by atoms with van der Waals surface area (Å²) in [4.78, 5) is 39.7. The highest BCUT2D eigenvalue weighted by atomic mass is 35.5. The van der Waals surface area contributed by atoms with Gasteiger partial charge in [-0.25, -0.2) is 0 Å². The van der Waals surface area contributed by atoms with Gasteiger partial charge in [0.1, 0.15) is 0 Å². The highest BCUT2D eigenvalue weighted by molar-refractivity contribution is 6.35. The molecule has 0 bridgehead atoms. The molecule has 180 valence electrons. The van der Waals surface area contributed by atoms with E-state index in [1.54, 1.807) is 23.1 Å². The predicted octanol–water partition coefficient (Wildman–Crippen LogP) is 5.96. The summed E-state index contributed by atoms with van der Waals surface area (Å²) >= 11 is 18.2. The van der Waals surface area contributed by atoms with Gasteiger partial charge in [0, 0.05) is 53.9 Å². The van der Waals surface area contributed by atoms with E-state index in [1.165, 1.54) is 18.2 Å². The van der Waals surface area contributed by atoms with Crippen LogP contribution in [0, 0.1) is 22.0 Å². The minimum atomic E-state index is -0.533. The van der Waals surface area contributed by atoms with Gasteiger partial charge in [0.05, 0.1) is 15.5 Å². The molecule has 0 N–H and O–H groups in total. The first kappa shape index (κ1) is 24.8. The maximum Gasteiger partial charge on any atom is 0.270 e. The van der Waals surface area contributed by atoms with Gasteiger partial charge >= 0.3 is 0 Å². The van der Waals surface area contributed by atoms with Crippen LogP contribution in [0.3, 0.4) is 0 Å². The van der Waals surface area contributed by atoms with Crippen molar-refractivity contribution < 1.29 is 14.5 Å². The van der Waals surface area contributed by atoms with Crippen LogP contribution in [-0.4, -0.2) is 52.7 Å². The number of halogens is 3. The molecule has 0 unspecified atom stereocenters. The minimum Gasteiger partial charge on any atom is -0.339 e. The summed E-state index contributed by atoms with van der Waals surface area (Å²) in [6.07, 6.45) is 3.62. The quantitative estimate of drug-likeness (QED) is 0.365. The molecule has 2 aliphatic rings. The smallest absolute Gasteiger partial charge is 0.270 e. The number of piperidine rings is 2. The fraction of sp³-hybridized carbons (Fsp3) is 0.417. The Morgan fingerprint density at radius 3 is 1.76 bits per heavy atom. The summed E-state index contributed by atoms with van der Waals surface area (Å²) in [5.41, 5.74) is 0.662. The van der Waals surface area contributed by atoms with Crippen molar-refractivity contribution >= 4 is 52.3 Å². The van der Waals surface area contributed by atoms with Gasteiger partial charge in [-0.2, -0.15) is 0 Å². The van der Waals surface area contributed by atoms with E-state index in [0.717, 1.165) is 25.7 Å². The molecule has 0 atom stereocenters.